The van der Waals surface area contributed by atoms with E-state index in [1.165, 1.54) is 0 Å². The maximum atomic E-state index is 11.5. The minimum Gasteiger partial charge on any atom is -0.480 e. The zero-order chi connectivity index (χ0) is 15.7. The molecule has 0 bridgehead atoms. The predicted molar refractivity (Wildman–Crippen MR) is 73.2 cm³/mol. The van der Waals surface area contributed by atoms with Gasteiger partial charge in [-0.2, -0.15) is 0 Å². The summed E-state index contributed by atoms with van der Waals surface area (Å²) in [4.78, 5) is 37.0. The van der Waals surface area contributed by atoms with Gasteiger partial charge >= 0.3 is 12.0 Å². The highest BCUT2D eigenvalue weighted by Crippen LogP contribution is 1.97. The van der Waals surface area contributed by atoms with Crippen molar-refractivity contribution in [3.05, 3.63) is 18.7 Å². The van der Waals surface area contributed by atoms with E-state index in [-0.39, 0.29) is 12.8 Å². The van der Waals surface area contributed by atoms with Crippen LogP contribution in [-0.2, 0) is 16.1 Å². The van der Waals surface area contributed by atoms with Gasteiger partial charge in [0.2, 0.25) is 5.91 Å². The van der Waals surface area contributed by atoms with Crippen molar-refractivity contribution in [1.82, 2.24) is 20.2 Å². The van der Waals surface area contributed by atoms with Crippen LogP contribution in [0.2, 0.25) is 0 Å². The van der Waals surface area contributed by atoms with E-state index in [4.69, 9.17) is 10.8 Å². The van der Waals surface area contributed by atoms with Crippen LogP contribution in [0.25, 0.3) is 0 Å². The van der Waals surface area contributed by atoms with Crippen molar-refractivity contribution in [2.24, 2.45) is 5.73 Å². The first-order chi connectivity index (χ1) is 9.99. The average Bonchev–Trinajstić information content (AvgIpc) is 2.92. The lowest BCUT2D eigenvalue weighted by Crippen LogP contribution is -2.46. The summed E-state index contributed by atoms with van der Waals surface area (Å²) in [5.41, 5.74) is 4.95. The number of amides is 3. The third-order valence-electron chi connectivity index (χ3n) is 2.72. The highest BCUT2D eigenvalue weighted by Gasteiger charge is 2.20. The number of nitrogens with one attached hydrogen (secondary N) is 2. The van der Waals surface area contributed by atoms with Crippen molar-refractivity contribution in [3.63, 3.8) is 0 Å². The van der Waals surface area contributed by atoms with E-state index in [2.05, 4.69) is 15.6 Å². The van der Waals surface area contributed by atoms with Crippen LogP contribution in [0.15, 0.2) is 18.7 Å². The molecule has 0 spiro atoms. The Bertz CT molecular complexity index is 474. The summed E-state index contributed by atoms with van der Waals surface area (Å²) in [6.07, 6.45) is 5.69. The molecule has 1 heterocycles. The molecule has 5 N–H and O–H groups in total. The summed E-state index contributed by atoms with van der Waals surface area (Å²) >= 11 is 0. The lowest BCUT2D eigenvalue weighted by atomic mass is 10.1. The van der Waals surface area contributed by atoms with Crippen molar-refractivity contribution in [3.8, 4) is 0 Å². The molecule has 1 aromatic rings. The molecule has 0 aliphatic rings. The number of carbonyl (C=O) groups excluding carboxylic acids is 2. The number of carboxylic acid groups (broad SMARTS) is 1. The van der Waals surface area contributed by atoms with Gasteiger partial charge in [0.1, 0.15) is 6.04 Å². The van der Waals surface area contributed by atoms with Gasteiger partial charge in [0.05, 0.1) is 6.33 Å². The van der Waals surface area contributed by atoms with Crippen LogP contribution < -0.4 is 16.4 Å². The molecule has 0 aliphatic carbocycles. The zero-order valence-electron chi connectivity index (χ0n) is 11.5. The monoisotopic (exact) mass is 297 g/mol. The summed E-state index contributed by atoms with van der Waals surface area (Å²) in [6, 6.07) is -1.72. The number of imidazole rings is 1. The number of aliphatic carboxylic acids is 1. The average molecular weight is 297 g/mol. The number of nitrogens with two attached hydrogens (primary N) is 1. The smallest absolute Gasteiger partial charge is 0.326 e. The molecular formula is C12H19N5O4. The predicted octanol–water partition coefficient (Wildman–Crippen LogP) is -0.709. The fraction of sp³-hybridized carbons (Fsp3) is 0.500. The lowest BCUT2D eigenvalue weighted by molar-refractivity contribution is -0.139. The van der Waals surface area contributed by atoms with E-state index in [9.17, 15) is 14.4 Å². The Morgan fingerprint density at radius 2 is 2.14 bits per heavy atom. The topological polar surface area (TPSA) is 139 Å². The van der Waals surface area contributed by atoms with Crippen LogP contribution in [-0.4, -0.2) is 45.2 Å². The fourth-order valence-electron chi connectivity index (χ4n) is 1.64. The Kier molecular flexibility index (Phi) is 6.72. The Balaban J connectivity index is 2.23. The molecule has 9 nitrogen and oxygen atoms in total. The molecule has 3 amide bonds. The number of aromatic nitrogens is 2. The molecule has 0 unspecified atom stereocenters. The van der Waals surface area contributed by atoms with Crippen molar-refractivity contribution in [1.29, 1.82) is 0 Å². The van der Waals surface area contributed by atoms with E-state index in [1.54, 1.807) is 12.5 Å². The first-order valence-electron chi connectivity index (χ1n) is 6.50. The highest BCUT2D eigenvalue weighted by molar-refractivity contribution is 5.83. The molecular weight excluding hydrogens is 278 g/mol. The van der Waals surface area contributed by atoms with Crippen LogP contribution in [0.3, 0.4) is 0 Å². The molecule has 0 aliphatic heterocycles. The minimum atomic E-state index is -1.20. The van der Waals surface area contributed by atoms with E-state index >= 15 is 0 Å². The fourth-order valence-corrected chi connectivity index (χ4v) is 1.64. The molecule has 0 aromatic carbocycles. The van der Waals surface area contributed by atoms with E-state index in [0.29, 0.717) is 19.5 Å². The third kappa shape index (κ3) is 6.95. The highest BCUT2D eigenvalue weighted by atomic mass is 16.4. The Labute approximate surface area is 121 Å². The van der Waals surface area contributed by atoms with Crippen LogP contribution in [0, 0.1) is 0 Å². The molecule has 1 rings (SSSR count). The summed E-state index contributed by atoms with van der Waals surface area (Å²) < 4.78 is 1.87. The number of carbonyl (C=O) groups is 3. The molecule has 21 heavy (non-hydrogen) atoms. The number of urea groups is 1. The number of hydrogen-bond donors (Lipinski definition) is 4. The van der Waals surface area contributed by atoms with Gasteiger partial charge in [-0.15, -0.1) is 0 Å². The van der Waals surface area contributed by atoms with Gasteiger partial charge < -0.3 is 26.0 Å². The van der Waals surface area contributed by atoms with Gasteiger partial charge in [-0.1, -0.05) is 0 Å². The lowest BCUT2D eigenvalue weighted by Gasteiger charge is -2.14. The summed E-state index contributed by atoms with van der Waals surface area (Å²) in [6.45, 7) is 1.09. The normalized spacial score (nSPS) is 11.6. The minimum absolute atomic E-state index is 0.0346. The third-order valence-corrected chi connectivity index (χ3v) is 2.72. The molecule has 0 saturated heterocycles. The number of nitrogens with zero attached hydrogens (tertiary/aromatic N) is 2. The van der Waals surface area contributed by atoms with Crippen molar-refractivity contribution < 1.29 is 19.5 Å². The van der Waals surface area contributed by atoms with Gasteiger partial charge in [0.25, 0.3) is 0 Å². The number of primary amides is 1. The zero-order valence-corrected chi connectivity index (χ0v) is 11.5. The number of hydrogen-bond acceptors (Lipinski definition) is 4. The standard InChI is InChI=1S/C12H19N5O4/c13-10(18)3-2-9(11(19)20)16-12(21)15-4-1-6-17-7-5-14-8-17/h5,7-9H,1-4,6H2,(H2,13,18)(H,19,20)(H2,15,16,21)/t9-/m0/s1. The van der Waals surface area contributed by atoms with E-state index < -0.39 is 23.9 Å². The SMILES string of the molecule is NC(=O)CC[C@H](NC(=O)NCCCn1ccnc1)C(=O)O. The molecule has 0 radical (unpaired) electrons. The second-order valence-electron chi connectivity index (χ2n) is 4.45. The van der Waals surface area contributed by atoms with Crippen molar-refractivity contribution in [2.45, 2.75) is 31.8 Å². The van der Waals surface area contributed by atoms with Gasteiger partial charge in [-0.3, -0.25) is 4.79 Å². The van der Waals surface area contributed by atoms with Gasteiger partial charge in [-0.25, -0.2) is 14.6 Å². The van der Waals surface area contributed by atoms with Gasteiger partial charge in [0, 0.05) is 31.9 Å². The second-order valence-corrected chi connectivity index (χ2v) is 4.45. The number of rotatable bonds is 9. The number of aryl methyl sites for hydroxylation is 1. The summed E-state index contributed by atoms with van der Waals surface area (Å²) in [5, 5.41) is 13.8. The van der Waals surface area contributed by atoms with Gasteiger partial charge in [-0.05, 0) is 12.8 Å². The maximum Gasteiger partial charge on any atom is 0.326 e. The van der Waals surface area contributed by atoms with E-state index in [0.717, 1.165) is 0 Å². The summed E-state index contributed by atoms with van der Waals surface area (Å²) in [5.74, 6) is -1.81. The Morgan fingerprint density at radius 1 is 1.38 bits per heavy atom. The first-order valence-corrected chi connectivity index (χ1v) is 6.50. The second kappa shape index (κ2) is 8.56. The number of carboxylic acids is 1. The Hall–Kier alpha value is -2.58. The molecule has 1 atom stereocenters. The van der Waals surface area contributed by atoms with Gasteiger partial charge in [0.15, 0.2) is 0 Å². The van der Waals surface area contributed by atoms with Crippen molar-refractivity contribution >= 4 is 17.9 Å². The molecule has 116 valence electrons. The molecule has 9 heteroatoms. The van der Waals surface area contributed by atoms with Crippen LogP contribution >= 0.6 is 0 Å². The Morgan fingerprint density at radius 3 is 2.71 bits per heavy atom. The van der Waals surface area contributed by atoms with Crippen molar-refractivity contribution in [2.75, 3.05) is 6.54 Å². The maximum absolute atomic E-state index is 11.5. The quantitative estimate of drug-likeness (QED) is 0.446. The molecule has 0 saturated carbocycles. The molecule has 0 fully saturated rings. The summed E-state index contributed by atoms with van der Waals surface area (Å²) in [7, 11) is 0. The largest absolute Gasteiger partial charge is 0.480 e. The van der Waals surface area contributed by atoms with Crippen LogP contribution in [0.5, 0.6) is 0 Å². The first kappa shape index (κ1) is 16.5. The van der Waals surface area contributed by atoms with Crippen LogP contribution in [0.4, 0.5) is 4.79 Å². The van der Waals surface area contributed by atoms with E-state index in [1.807, 2.05) is 10.8 Å². The molecule has 1 aromatic heterocycles. The van der Waals surface area contributed by atoms with Crippen LogP contribution in [0.1, 0.15) is 19.3 Å².